The number of benzene rings is 2. The summed E-state index contributed by atoms with van der Waals surface area (Å²) in [4.78, 5) is 30.7. The van der Waals surface area contributed by atoms with E-state index < -0.39 is 11.7 Å². The fourth-order valence-corrected chi connectivity index (χ4v) is 4.24. The van der Waals surface area contributed by atoms with Gasteiger partial charge in [-0.05, 0) is 19.1 Å². The van der Waals surface area contributed by atoms with Crippen LogP contribution in [0.5, 0.6) is 5.88 Å². The van der Waals surface area contributed by atoms with Gasteiger partial charge < -0.3 is 14.6 Å². The fraction of sp³-hybridized carbons (Fsp3) is 0.250. The molecule has 0 spiro atoms. The number of carbonyl (C=O) groups is 2. The molecule has 5 rings (SSSR count). The van der Waals surface area contributed by atoms with Gasteiger partial charge in [-0.15, -0.1) is 5.10 Å². The largest absolute Gasteiger partial charge is 0.473 e. The lowest BCUT2D eigenvalue weighted by Gasteiger charge is -2.31. The molecule has 0 aliphatic carbocycles. The molecule has 0 unspecified atom stereocenters. The number of aromatic amines is 1. The second-order valence-corrected chi connectivity index (χ2v) is 7.85. The van der Waals surface area contributed by atoms with Crippen LogP contribution in [0.3, 0.4) is 0 Å². The third kappa shape index (κ3) is 3.52. The summed E-state index contributed by atoms with van der Waals surface area (Å²) in [6.07, 6.45) is 2.91. The molecule has 1 fully saturated rings. The Balaban J connectivity index is 1.27. The molecule has 2 aromatic heterocycles. The van der Waals surface area contributed by atoms with E-state index in [-0.39, 0.29) is 6.10 Å². The van der Waals surface area contributed by atoms with Crippen LogP contribution in [0.15, 0.2) is 54.7 Å². The second-order valence-electron chi connectivity index (χ2n) is 7.85. The highest BCUT2D eigenvalue weighted by atomic mass is 16.5. The van der Waals surface area contributed by atoms with Crippen molar-refractivity contribution in [2.45, 2.75) is 25.9 Å². The molecule has 1 N–H and O–H groups in total. The van der Waals surface area contributed by atoms with E-state index >= 15 is 0 Å². The summed E-state index contributed by atoms with van der Waals surface area (Å²) in [6.45, 7) is 2.76. The van der Waals surface area contributed by atoms with Gasteiger partial charge >= 0.3 is 0 Å². The molecule has 1 aliphatic heterocycles. The van der Waals surface area contributed by atoms with Crippen molar-refractivity contribution in [3.63, 3.8) is 0 Å². The Bertz CT molecular complexity index is 1280. The Morgan fingerprint density at radius 2 is 1.74 bits per heavy atom. The maximum atomic E-state index is 13.0. The van der Waals surface area contributed by atoms with Crippen LogP contribution in [0, 0.1) is 6.92 Å². The van der Waals surface area contributed by atoms with Gasteiger partial charge in [0, 0.05) is 53.3 Å². The average molecular weight is 414 g/mol. The molecule has 2 aromatic carbocycles. The van der Waals surface area contributed by atoms with Crippen LogP contribution in [0.2, 0.25) is 0 Å². The number of aryl methyl sites for hydroxylation is 1. The molecule has 1 aliphatic rings. The Kier molecular flexibility index (Phi) is 4.86. The smallest absolute Gasteiger partial charge is 0.295 e. The lowest BCUT2D eigenvalue weighted by atomic mass is 10.0. The molecule has 3 heterocycles. The molecular formula is C24H22N4O3. The number of piperidine rings is 1. The number of rotatable bonds is 4. The molecule has 7 nitrogen and oxygen atoms in total. The van der Waals surface area contributed by atoms with E-state index in [4.69, 9.17) is 4.74 Å². The first-order valence-corrected chi connectivity index (χ1v) is 10.4. The lowest BCUT2D eigenvalue weighted by molar-refractivity contribution is -0.128. The Labute approximate surface area is 179 Å². The molecule has 0 atom stereocenters. The van der Waals surface area contributed by atoms with Crippen molar-refractivity contribution in [1.82, 2.24) is 20.1 Å². The van der Waals surface area contributed by atoms with Gasteiger partial charge in [0.2, 0.25) is 5.88 Å². The number of likely N-dealkylation sites (tertiary alicyclic amines) is 1. The van der Waals surface area contributed by atoms with Gasteiger partial charge in [-0.3, -0.25) is 9.59 Å². The zero-order valence-corrected chi connectivity index (χ0v) is 17.2. The van der Waals surface area contributed by atoms with E-state index in [2.05, 4.69) is 15.2 Å². The molecule has 0 saturated carbocycles. The maximum Gasteiger partial charge on any atom is 0.295 e. The van der Waals surface area contributed by atoms with Gasteiger partial charge in [0.1, 0.15) is 6.10 Å². The summed E-state index contributed by atoms with van der Waals surface area (Å²) in [5.74, 6) is -0.418. The fourth-order valence-electron chi connectivity index (χ4n) is 4.24. The third-order valence-electron chi connectivity index (χ3n) is 5.86. The minimum atomic E-state index is -0.464. The summed E-state index contributed by atoms with van der Waals surface area (Å²) >= 11 is 0. The second kappa shape index (κ2) is 7.83. The summed E-state index contributed by atoms with van der Waals surface area (Å²) < 4.78 is 6.10. The first-order chi connectivity index (χ1) is 15.1. The van der Waals surface area contributed by atoms with E-state index in [1.807, 2.05) is 55.5 Å². The molecule has 1 saturated heterocycles. The Morgan fingerprint density at radius 1 is 1.03 bits per heavy atom. The van der Waals surface area contributed by atoms with Gasteiger partial charge in [0.15, 0.2) is 0 Å². The van der Waals surface area contributed by atoms with E-state index in [9.17, 15) is 9.59 Å². The highest BCUT2D eigenvalue weighted by Crippen LogP contribution is 2.26. The standard InChI is InChI=1S/C24H22N4O3/c1-15-21(19-8-4-5-9-20(19)26-15)22(29)24(30)28-12-10-17(11-13-28)31-23-18-7-3-2-6-16(18)14-25-27-23/h2-9,14,17,26H,10-13H2,1H3. The van der Waals surface area contributed by atoms with Gasteiger partial charge in [-0.1, -0.05) is 36.4 Å². The van der Waals surface area contributed by atoms with Gasteiger partial charge in [-0.2, -0.15) is 5.10 Å². The molecule has 1 amide bonds. The van der Waals surface area contributed by atoms with Crippen LogP contribution >= 0.6 is 0 Å². The minimum Gasteiger partial charge on any atom is -0.473 e. The quantitative estimate of drug-likeness (QED) is 0.407. The predicted octanol–water partition coefficient (Wildman–Crippen LogP) is 3.67. The van der Waals surface area contributed by atoms with Crippen LogP contribution in [0.25, 0.3) is 21.7 Å². The van der Waals surface area contributed by atoms with Crippen LogP contribution < -0.4 is 4.74 Å². The van der Waals surface area contributed by atoms with Crippen LogP contribution in [0.1, 0.15) is 28.9 Å². The Hall–Kier alpha value is -3.74. The van der Waals surface area contributed by atoms with Crippen molar-refractivity contribution in [1.29, 1.82) is 0 Å². The van der Waals surface area contributed by atoms with E-state index in [1.54, 1.807) is 11.1 Å². The van der Waals surface area contributed by atoms with Crippen molar-refractivity contribution in [2.24, 2.45) is 0 Å². The van der Waals surface area contributed by atoms with Crippen molar-refractivity contribution in [3.05, 3.63) is 66.0 Å². The number of H-pyrrole nitrogens is 1. The van der Waals surface area contributed by atoms with Crippen molar-refractivity contribution < 1.29 is 14.3 Å². The average Bonchev–Trinajstić information content (AvgIpc) is 3.14. The van der Waals surface area contributed by atoms with Crippen molar-refractivity contribution in [3.8, 4) is 5.88 Å². The van der Waals surface area contributed by atoms with Gasteiger partial charge in [-0.25, -0.2) is 0 Å². The molecule has 31 heavy (non-hydrogen) atoms. The number of nitrogens with zero attached hydrogens (tertiary/aromatic N) is 3. The number of ketones is 1. The number of amides is 1. The Morgan fingerprint density at radius 3 is 2.55 bits per heavy atom. The number of nitrogens with one attached hydrogen (secondary N) is 1. The summed E-state index contributed by atoms with van der Waals surface area (Å²) in [7, 11) is 0. The van der Waals surface area contributed by atoms with Crippen molar-refractivity contribution >= 4 is 33.4 Å². The number of carbonyl (C=O) groups excluding carboxylic acids is 2. The number of hydrogen-bond donors (Lipinski definition) is 1. The molecule has 7 heteroatoms. The number of para-hydroxylation sites is 1. The van der Waals surface area contributed by atoms with Crippen LogP contribution in [0.4, 0.5) is 0 Å². The van der Waals surface area contributed by atoms with E-state index in [1.165, 1.54) is 0 Å². The van der Waals surface area contributed by atoms with Gasteiger partial charge in [0.25, 0.3) is 11.7 Å². The van der Waals surface area contributed by atoms with Crippen LogP contribution in [-0.4, -0.2) is 51.0 Å². The number of Topliss-reactive ketones (excluding diaryl/α,β-unsaturated/α-hetero) is 1. The number of aromatic nitrogens is 3. The highest BCUT2D eigenvalue weighted by Gasteiger charge is 2.31. The summed E-state index contributed by atoms with van der Waals surface area (Å²) in [5, 5.41) is 10.8. The summed E-state index contributed by atoms with van der Waals surface area (Å²) in [6, 6.07) is 15.4. The number of fused-ring (bicyclic) bond motifs is 2. The van der Waals surface area contributed by atoms with Gasteiger partial charge in [0.05, 0.1) is 11.8 Å². The molecule has 156 valence electrons. The first kappa shape index (κ1) is 19.2. The lowest BCUT2D eigenvalue weighted by Crippen LogP contribution is -2.44. The molecule has 4 aromatic rings. The number of hydrogen-bond acceptors (Lipinski definition) is 5. The number of ether oxygens (including phenoxy) is 1. The zero-order chi connectivity index (χ0) is 21.4. The minimum absolute atomic E-state index is 0.0749. The monoisotopic (exact) mass is 414 g/mol. The first-order valence-electron chi connectivity index (χ1n) is 10.4. The van der Waals surface area contributed by atoms with Crippen molar-refractivity contribution in [2.75, 3.05) is 13.1 Å². The molecule has 0 bridgehead atoms. The van der Waals surface area contributed by atoms with E-state index in [0.717, 1.165) is 21.7 Å². The van der Waals surface area contributed by atoms with E-state index in [0.29, 0.717) is 43.1 Å². The maximum absolute atomic E-state index is 13.0. The third-order valence-corrected chi connectivity index (χ3v) is 5.86. The molecule has 0 radical (unpaired) electrons. The van der Waals surface area contributed by atoms with Crippen LogP contribution in [-0.2, 0) is 4.79 Å². The highest BCUT2D eigenvalue weighted by molar-refractivity contribution is 6.45. The topological polar surface area (TPSA) is 88.2 Å². The SMILES string of the molecule is Cc1[nH]c2ccccc2c1C(=O)C(=O)N1CCC(Oc2nncc3ccccc23)CC1. The zero-order valence-electron chi connectivity index (χ0n) is 17.2. The summed E-state index contributed by atoms with van der Waals surface area (Å²) in [5.41, 5.74) is 2.04. The normalized spacial score (nSPS) is 14.8. The predicted molar refractivity (Wildman–Crippen MR) is 117 cm³/mol. The molecular weight excluding hydrogens is 392 g/mol.